The molecular formula is C12H18ClN5O. The minimum atomic E-state index is 0.133. The first-order valence-corrected chi connectivity index (χ1v) is 6.65. The lowest BCUT2D eigenvalue weighted by molar-refractivity contribution is 0.267. The summed E-state index contributed by atoms with van der Waals surface area (Å²) >= 11 is 6.11. The van der Waals surface area contributed by atoms with Gasteiger partial charge >= 0.3 is 0 Å². The Morgan fingerprint density at radius 3 is 2.84 bits per heavy atom. The SMILES string of the molecule is Cc1c(Cl)nc2ncnn2c1NC(CCO)C(C)C. The number of aliphatic hydroxyl groups excluding tert-OH is 1. The van der Waals surface area contributed by atoms with Gasteiger partial charge in [-0.05, 0) is 19.3 Å². The fourth-order valence-electron chi connectivity index (χ4n) is 1.95. The summed E-state index contributed by atoms with van der Waals surface area (Å²) in [6.45, 7) is 6.22. The van der Waals surface area contributed by atoms with Crippen LogP contribution in [0.2, 0.25) is 5.15 Å². The highest BCUT2D eigenvalue weighted by atomic mass is 35.5. The van der Waals surface area contributed by atoms with Crippen LogP contribution in [0, 0.1) is 12.8 Å². The number of halogens is 1. The number of hydrogen-bond donors (Lipinski definition) is 2. The molecule has 2 N–H and O–H groups in total. The molecule has 0 spiro atoms. The number of anilines is 1. The zero-order chi connectivity index (χ0) is 14.0. The van der Waals surface area contributed by atoms with Gasteiger partial charge in [-0.2, -0.15) is 19.6 Å². The second-order valence-corrected chi connectivity index (χ2v) is 5.21. The first-order valence-electron chi connectivity index (χ1n) is 6.27. The first kappa shape index (κ1) is 14.0. The molecule has 0 aliphatic carbocycles. The van der Waals surface area contributed by atoms with E-state index in [9.17, 15) is 0 Å². The number of nitrogens with zero attached hydrogens (tertiary/aromatic N) is 4. The lowest BCUT2D eigenvalue weighted by atomic mass is 10.0. The lowest BCUT2D eigenvalue weighted by Crippen LogP contribution is -2.28. The quantitative estimate of drug-likeness (QED) is 0.820. The van der Waals surface area contributed by atoms with Crippen LogP contribution in [0.4, 0.5) is 5.82 Å². The van der Waals surface area contributed by atoms with E-state index in [1.54, 1.807) is 4.52 Å². The third-order valence-electron chi connectivity index (χ3n) is 3.17. The molecule has 0 amide bonds. The van der Waals surface area contributed by atoms with Crippen LogP contribution in [0.1, 0.15) is 25.8 Å². The monoisotopic (exact) mass is 283 g/mol. The number of aliphatic hydroxyl groups is 1. The molecule has 0 saturated heterocycles. The van der Waals surface area contributed by atoms with E-state index in [2.05, 4.69) is 34.2 Å². The molecule has 2 heterocycles. The molecule has 0 saturated carbocycles. The summed E-state index contributed by atoms with van der Waals surface area (Å²) in [5, 5.41) is 17.1. The van der Waals surface area contributed by atoms with Crippen LogP contribution in [0.3, 0.4) is 0 Å². The molecule has 0 aliphatic heterocycles. The summed E-state index contributed by atoms with van der Waals surface area (Å²) in [4.78, 5) is 8.21. The van der Waals surface area contributed by atoms with Crippen molar-refractivity contribution in [1.29, 1.82) is 0 Å². The van der Waals surface area contributed by atoms with Crippen molar-refractivity contribution < 1.29 is 5.11 Å². The predicted molar refractivity (Wildman–Crippen MR) is 74.5 cm³/mol. The van der Waals surface area contributed by atoms with E-state index in [4.69, 9.17) is 16.7 Å². The number of hydrogen-bond acceptors (Lipinski definition) is 5. The zero-order valence-electron chi connectivity index (χ0n) is 11.3. The summed E-state index contributed by atoms with van der Waals surface area (Å²) in [5.74, 6) is 1.61. The second-order valence-electron chi connectivity index (χ2n) is 4.86. The van der Waals surface area contributed by atoms with E-state index in [1.807, 2.05) is 6.92 Å². The van der Waals surface area contributed by atoms with Gasteiger partial charge in [0.15, 0.2) is 0 Å². The lowest BCUT2D eigenvalue weighted by Gasteiger charge is -2.24. The van der Waals surface area contributed by atoms with Crippen LogP contribution < -0.4 is 5.32 Å². The van der Waals surface area contributed by atoms with Crippen LogP contribution in [0.15, 0.2) is 6.33 Å². The van der Waals surface area contributed by atoms with Crippen LogP contribution in [-0.4, -0.2) is 37.3 Å². The maximum Gasteiger partial charge on any atom is 0.255 e. The molecular weight excluding hydrogens is 266 g/mol. The number of aromatic nitrogens is 4. The van der Waals surface area contributed by atoms with Gasteiger partial charge in [-0.3, -0.25) is 0 Å². The van der Waals surface area contributed by atoms with Gasteiger partial charge < -0.3 is 10.4 Å². The van der Waals surface area contributed by atoms with Crippen molar-refractivity contribution in [2.45, 2.75) is 33.2 Å². The molecule has 2 aromatic rings. The highest BCUT2D eigenvalue weighted by molar-refractivity contribution is 6.30. The molecule has 0 bridgehead atoms. The van der Waals surface area contributed by atoms with Gasteiger partial charge in [0.2, 0.25) is 0 Å². The standard InChI is InChI=1S/C12H18ClN5O/c1-7(2)9(4-5-19)16-11-8(3)10(13)17-12-14-6-15-18(11)12/h6-7,9,16,19H,4-5H2,1-3H3. The molecule has 0 fully saturated rings. The Labute approximate surface area is 116 Å². The maximum atomic E-state index is 9.15. The summed E-state index contributed by atoms with van der Waals surface area (Å²) < 4.78 is 1.63. The predicted octanol–water partition coefficient (Wildman–Crippen LogP) is 1.91. The average Bonchev–Trinajstić information content (AvgIpc) is 2.81. The number of fused-ring (bicyclic) bond motifs is 1. The van der Waals surface area contributed by atoms with Gasteiger partial charge in [-0.15, -0.1) is 0 Å². The molecule has 2 aromatic heterocycles. The van der Waals surface area contributed by atoms with E-state index in [1.165, 1.54) is 6.33 Å². The van der Waals surface area contributed by atoms with E-state index in [0.717, 1.165) is 11.4 Å². The second kappa shape index (κ2) is 5.71. The fourth-order valence-corrected chi connectivity index (χ4v) is 2.12. The van der Waals surface area contributed by atoms with Gasteiger partial charge in [0, 0.05) is 18.2 Å². The van der Waals surface area contributed by atoms with Gasteiger partial charge in [-0.25, -0.2) is 0 Å². The molecule has 7 heteroatoms. The van der Waals surface area contributed by atoms with Crippen molar-refractivity contribution in [1.82, 2.24) is 19.6 Å². The van der Waals surface area contributed by atoms with Gasteiger partial charge in [-0.1, -0.05) is 25.4 Å². The summed E-state index contributed by atoms with van der Waals surface area (Å²) in [6.07, 6.45) is 2.10. The number of rotatable bonds is 5. The summed E-state index contributed by atoms with van der Waals surface area (Å²) in [5.41, 5.74) is 0.822. The van der Waals surface area contributed by atoms with E-state index >= 15 is 0 Å². The Kier molecular flexibility index (Phi) is 4.21. The third kappa shape index (κ3) is 2.79. The van der Waals surface area contributed by atoms with Crippen LogP contribution in [-0.2, 0) is 0 Å². The van der Waals surface area contributed by atoms with Crippen molar-refractivity contribution in [3.8, 4) is 0 Å². The molecule has 0 aliphatic rings. The Morgan fingerprint density at radius 1 is 1.47 bits per heavy atom. The molecule has 19 heavy (non-hydrogen) atoms. The minimum absolute atomic E-state index is 0.133. The summed E-state index contributed by atoms with van der Waals surface area (Å²) in [6, 6.07) is 0.134. The normalized spacial score (nSPS) is 13.2. The number of nitrogens with one attached hydrogen (secondary N) is 1. The molecule has 1 unspecified atom stereocenters. The van der Waals surface area contributed by atoms with Crippen LogP contribution in [0.5, 0.6) is 0 Å². The zero-order valence-corrected chi connectivity index (χ0v) is 12.0. The Bertz CT molecular complexity index is 568. The molecule has 0 radical (unpaired) electrons. The molecule has 104 valence electrons. The van der Waals surface area contributed by atoms with Crippen molar-refractivity contribution >= 4 is 23.2 Å². The molecule has 1 atom stereocenters. The van der Waals surface area contributed by atoms with Gasteiger partial charge in [0.1, 0.15) is 17.3 Å². The highest BCUT2D eigenvalue weighted by Gasteiger charge is 2.18. The summed E-state index contributed by atoms with van der Waals surface area (Å²) in [7, 11) is 0. The first-order chi connectivity index (χ1) is 9.04. The molecule has 2 rings (SSSR count). The molecule has 0 aromatic carbocycles. The Hall–Kier alpha value is -1.40. The van der Waals surface area contributed by atoms with E-state index in [0.29, 0.717) is 23.3 Å². The average molecular weight is 284 g/mol. The fraction of sp³-hybridized carbons (Fsp3) is 0.583. The Balaban J connectivity index is 2.42. The van der Waals surface area contributed by atoms with Crippen LogP contribution in [0.25, 0.3) is 5.78 Å². The highest BCUT2D eigenvalue weighted by Crippen LogP contribution is 2.24. The topological polar surface area (TPSA) is 75.3 Å². The van der Waals surface area contributed by atoms with Gasteiger partial charge in [0.05, 0.1) is 0 Å². The van der Waals surface area contributed by atoms with Gasteiger partial charge in [0.25, 0.3) is 5.78 Å². The van der Waals surface area contributed by atoms with E-state index in [-0.39, 0.29) is 12.6 Å². The van der Waals surface area contributed by atoms with Crippen molar-refractivity contribution in [2.24, 2.45) is 5.92 Å². The maximum absolute atomic E-state index is 9.15. The molecule has 6 nitrogen and oxygen atoms in total. The van der Waals surface area contributed by atoms with Crippen molar-refractivity contribution in [2.75, 3.05) is 11.9 Å². The largest absolute Gasteiger partial charge is 0.396 e. The van der Waals surface area contributed by atoms with Crippen molar-refractivity contribution in [3.63, 3.8) is 0 Å². The van der Waals surface area contributed by atoms with Crippen molar-refractivity contribution in [3.05, 3.63) is 17.0 Å². The smallest absolute Gasteiger partial charge is 0.255 e. The van der Waals surface area contributed by atoms with E-state index < -0.39 is 0 Å². The van der Waals surface area contributed by atoms with Crippen LogP contribution >= 0.6 is 11.6 Å². The third-order valence-corrected chi connectivity index (χ3v) is 3.54. The minimum Gasteiger partial charge on any atom is -0.396 e. The Morgan fingerprint density at radius 2 is 2.21 bits per heavy atom.